The van der Waals surface area contributed by atoms with E-state index >= 15 is 0 Å². The third-order valence-corrected chi connectivity index (χ3v) is 4.08. The first-order chi connectivity index (χ1) is 9.74. The molecule has 0 radical (unpaired) electrons. The van der Waals surface area contributed by atoms with Crippen molar-refractivity contribution in [3.8, 4) is 11.7 Å². The molecule has 0 aliphatic rings. The topological polar surface area (TPSA) is 52.1 Å². The third kappa shape index (κ3) is 2.73. The standard InChI is InChI=1S/C14H11ClN2O2S/c1-9(10-5-2-3-6-11(10)15)20-14-17-16-13(19-14)12-7-4-8-18-12/h2-9H,1H3/t9-/m1/s1. The normalized spacial score (nSPS) is 12.5. The van der Waals surface area contributed by atoms with Crippen LogP contribution >= 0.6 is 23.4 Å². The Kier molecular flexibility index (Phi) is 3.80. The van der Waals surface area contributed by atoms with E-state index in [2.05, 4.69) is 10.2 Å². The summed E-state index contributed by atoms with van der Waals surface area (Å²) in [6, 6.07) is 11.3. The van der Waals surface area contributed by atoms with Gasteiger partial charge < -0.3 is 8.83 Å². The van der Waals surface area contributed by atoms with Gasteiger partial charge in [0.25, 0.3) is 11.1 Å². The summed E-state index contributed by atoms with van der Waals surface area (Å²) < 4.78 is 10.8. The Morgan fingerprint density at radius 1 is 1.15 bits per heavy atom. The van der Waals surface area contributed by atoms with Gasteiger partial charge in [-0.25, -0.2) is 0 Å². The van der Waals surface area contributed by atoms with E-state index in [-0.39, 0.29) is 5.25 Å². The molecule has 3 aromatic rings. The molecule has 0 N–H and O–H groups in total. The average Bonchev–Trinajstić information content (AvgIpc) is 3.09. The average molecular weight is 307 g/mol. The Hall–Kier alpha value is -1.72. The zero-order valence-electron chi connectivity index (χ0n) is 10.6. The quantitative estimate of drug-likeness (QED) is 0.646. The zero-order chi connectivity index (χ0) is 13.9. The van der Waals surface area contributed by atoms with Gasteiger partial charge in [-0.1, -0.05) is 41.6 Å². The van der Waals surface area contributed by atoms with E-state index < -0.39 is 0 Å². The fourth-order valence-corrected chi connectivity index (χ4v) is 2.99. The maximum atomic E-state index is 6.18. The lowest BCUT2D eigenvalue weighted by Crippen LogP contribution is -1.89. The Bertz CT molecular complexity index is 697. The molecule has 102 valence electrons. The van der Waals surface area contributed by atoms with E-state index in [4.69, 9.17) is 20.4 Å². The van der Waals surface area contributed by atoms with Crippen molar-refractivity contribution < 1.29 is 8.83 Å². The monoisotopic (exact) mass is 306 g/mol. The summed E-state index contributed by atoms with van der Waals surface area (Å²) in [4.78, 5) is 0. The third-order valence-electron chi connectivity index (χ3n) is 2.76. The van der Waals surface area contributed by atoms with Crippen molar-refractivity contribution in [2.75, 3.05) is 0 Å². The molecule has 0 aliphatic heterocycles. The van der Waals surface area contributed by atoms with E-state index in [0.29, 0.717) is 16.9 Å². The predicted octanol–water partition coefficient (Wildman–Crippen LogP) is 4.84. The van der Waals surface area contributed by atoms with Crippen LogP contribution in [0.1, 0.15) is 17.7 Å². The Labute approximate surface area is 125 Å². The Morgan fingerprint density at radius 3 is 2.75 bits per heavy atom. The van der Waals surface area contributed by atoms with Crippen LogP contribution in [-0.4, -0.2) is 10.2 Å². The van der Waals surface area contributed by atoms with Crippen LogP contribution in [0.5, 0.6) is 0 Å². The fraction of sp³-hybridized carbons (Fsp3) is 0.143. The molecular weight excluding hydrogens is 296 g/mol. The molecule has 2 heterocycles. The first kappa shape index (κ1) is 13.3. The van der Waals surface area contributed by atoms with Crippen molar-refractivity contribution in [1.82, 2.24) is 10.2 Å². The van der Waals surface area contributed by atoms with Crippen LogP contribution in [0, 0.1) is 0 Å². The van der Waals surface area contributed by atoms with Gasteiger partial charge in [0.05, 0.1) is 6.26 Å². The molecular formula is C14H11ClN2O2S. The smallest absolute Gasteiger partial charge is 0.284 e. The summed E-state index contributed by atoms with van der Waals surface area (Å²) >= 11 is 7.64. The molecule has 0 bridgehead atoms. The molecule has 1 aromatic carbocycles. The van der Waals surface area contributed by atoms with Crippen molar-refractivity contribution in [2.45, 2.75) is 17.4 Å². The minimum Gasteiger partial charge on any atom is -0.459 e. The number of halogens is 1. The maximum Gasteiger partial charge on any atom is 0.284 e. The van der Waals surface area contributed by atoms with Gasteiger partial charge in [0, 0.05) is 10.3 Å². The lowest BCUT2D eigenvalue weighted by Gasteiger charge is -2.10. The van der Waals surface area contributed by atoms with Crippen LogP contribution < -0.4 is 0 Å². The maximum absolute atomic E-state index is 6.18. The first-order valence-electron chi connectivity index (χ1n) is 6.02. The summed E-state index contributed by atoms with van der Waals surface area (Å²) in [5, 5.41) is 9.32. The minimum atomic E-state index is 0.119. The van der Waals surface area contributed by atoms with Crippen LogP contribution in [0.2, 0.25) is 5.02 Å². The van der Waals surface area contributed by atoms with E-state index in [9.17, 15) is 0 Å². The molecule has 1 atom stereocenters. The highest BCUT2D eigenvalue weighted by Gasteiger charge is 2.16. The molecule has 3 rings (SSSR count). The fourth-order valence-electron chi connectivity index (χ4n) is 1.78. The molecule has 4 nitrogen and oxygen atoms in total. The van der Waals surface area contributed by atoms with Crippen molar-refractivity contribution in [2.24, 2.45) is 0 Å². The van der Waals surface area contributed by atoms with Crippen molar-refractivity contribution >= 4 is 23.4 Å². The summed E-state index contributed by atoms with van der Waals surface area (Å²) in [7, 11) is 0. The summed E-state index contributed by atoms with van der Waals surface area (Å²) in [6.45, 7) is 2.04. The summed E-state index contributed by atoms with van der Waals surface area (Å²) in [5.74, 6) is 0.943. The van der Waals surface area contributed by atoms with Gasteiger partial charge in [-0.05, 0) is 30.7 Å². The molecule has 0 saturated heterocycles. The molecule has 0 spiro atoms. The molecule has 20 heavy (non-hydrogen) atoms. The van der Waals surface area contributed by atoms with E-state index in [1.165, 1.54) is 11.8 Å². The molecule has 0 unspecified atom stereocenters. The van der Waals surface area contributed by atoms with Gasteiger partial charge in [0.1, 0.15) is 0 Å². The molecule has 0 saturated carbocycles. The van der Waals surface area contributed by atoms with Gasteiger partial charge in [-0.2, -0.15) is 0 Å². The highest BCUT2D eigenvalue weighted by atomic mass is 35.5. The number of nitrogens with zero attached hydrogens (tertiary/aromatic N) is 2. The van der Waals surface area contributed by atoms with Gasteiger partial charge >= 0.3 is 0 Å². The Balaban J connectivity index is 1.77. The number of benzene rings is 1. The number of thioether (sulfide) groups is 1. The van der Waals surface area contributed by atoms with E-state index in [1.54, 1.807) is 18.4 Å². The Morgan fingerprint density at radius 2 is 2.00 bits per heavy atom. The van der Waals surface area contributed by atoms with Crippen LogP contribution in [0.25, 0.3) is 11.7 Å². The van der Waals surface area contributed by atoms with Gasteiger partial charge in [0.2, 0.25) is 0 Å². The summed E-state index contributed by atoms with van der Waals surface area (Å²) in [5.41, 5.74) is 1.04. The highest BCUT2D eigenvalue weighted by molar-refractivity contribution is 7.99. The second kappa shape index (κ2) is 5.73. The first-order valence-corrected chi connectivity index (χ1v) is 7.28. The number of furan rings is 1. The second-order valence-corrected chi connectivity index (χ2v) is 5.83. The predicted molar refractivity (Wildman–Crippen MR) is 77.7 cm³/mol. The molecule has 0 amide bonds. The molecule has 0 aliphatic carbocycles. The van der Waals surface area contributed by atoms with Crippen LogP contribution in [0.4, 0.5) is 0 Å². The number of aromatic nitrogens is 2. The van der Waals surface area contributed by atoms with Crippen LogP contribution in [0.3, 0.4) is 0 Å². The SMILES string of the molecule is C[C@@H](Sc1nnc(-c2ccco2)o1)c1ccccc1Cl. The van der Waals surface area contributed by atoms with Crippen molar-refractivity contribution in [3.05, 3.63) is 53.2 Å². The largest absolute Gasteiger partial charge is 0.459 e. The van der Waals surface area contributed by atoms with Crippen LogP contribution in [-0.2, 0) is 0 Å². The van der Waals surface area contributed by atoms with Gasteiger partial charge in [0.15, 0.2) is 5.76 Å². The minimum absolute atomic E-state index is 0.119. The molecule has 2 aromatic heterocycles. The number of hydrogen-bond acceptors (Lipinski definition) is 5. The van der Waals surface area contributed by atoms with E-state index in [1.807, 2.05) is 31.2 Å². The summed E-state index contributed by atoms with van der Waals surface area (Å²) in [6.07, 6.45) is 1.57. The van der Waals surface area contributed by atoms with Crippen molar-refractivity contribution in [1.29, 1.82) is 0 Å². The molecule has 0 fully saturated rings. The lowest BCUT2D eigenvalue weighted by molar-refractivity contribution is 0.446. The number of hydrogen-bond donors (Lipinski definition) is 0. The molecule has 6 heteroatoms. The lowest BCUT2D eigenvalue weighted by atomic mass is 10.2. The van der Waals surface area contributed by atoms with Crippen molar-refractivity contribution in [3.63, 3.8) is 0 Å². The zero-order valence-corrected chi connectivity index (χ0v) is 12.2. The van der Waals surface area contributed by atoms with Crippen LogP contribution in [0.15, 0.2) is 56.7 Å². The second-order valence-electron chi connectivity index (χ2n) is 4.13. The van der Waals surface area contributed by atoms with E-state index in [0.717, 1.165) is 10.6 Å². The van der Waals surface area contributed by atoms with Gasteiger partial charge in [-0.3, -0.25) is 0 Å². The van der Waals surface area contributed by atoms with Gasteiger partial charge in [-0.15, -0.1) is 10.2 Å². The highest BCUT2D eigenvalue weighted by Crippen LogP contribution is 2.37. The number of rotatable bonds is 4.